The number of carbonyl (C=O) groups is 1. The minimum atomic E-state index is 0.151. The molecule has 0 radical (unpaired) electrons. The number of hydrogen-bond acceptors (Lipinski definition) is 5. The Bertz CT molecular complexity index is 274. The van der Waals surface area contributed by atoms with Gasteiger partial charge in [0, 0.05) is 52.4 Å². The quantitative estimate of drug-likeness (QED) is 0.672. The van der Waals surface area contributed by atoms with E-state index in [1.807, 2.05) is 0 Å². The van der Waals surface area contributed by atoms with E-state index in [9.17, 15) is 4.79 Å². The molecule has 2 aliphatic heterocycles. The zero-order valence-electron chi connectivity index (χ0n) is 11.9. The summed E-state index contributed by atoms with van der Waals surface area (Å²) in [4.78, 5) is 18.7. The molecule has 2 heterocycles. The van der Waals surface area contributed by atoms with Gasteiger partial charge in [-0.2, -0.15) is 0 Å². The summed E-state index contributed by atoms with van der Waals surface area (Å²) in [7, 11) is 2.12. The molecule has 110 valence electrons. The second-order valence-corrected chi connectivity index (χ2v) is 5.38. The lowest BCUT2D eigenvalue weighted by molar-refractivity contribution is -0.122. The van der Waals surface area contributed by atoms with Crippen LogP contribution >= 0.6 is 0 Å². The van der Waals surface area contributed by atoms with Crippen LogP contribution in [0.4, 0.5) is 0 Å². The number of ether oxygens (including phenoxy) is 1. The van der Waals surface area contributed by atoms with Gasteiger partial charge in [0.25, 0.3) is 0 Å². The maximum atomic E-state index is 11.8. The highest BCUT2D eigenvalue weighted by Crippen LogP contribution is 1.98. The van der Waals surface area contributed by atoms with Gasteiger partial charge in [0.1, 0.15) is 0 Å². The molecule has 1 N–H and O–H groups in total. The highest BCUT2D eigenvalue weighted by Gasteiger charge is 2.16. The minimum absolute atomic E-state index is 0.151. The van der Waals surface area contributed by atoms with Crippen LogP contribution in [0.2, 0.25) is 0 Å². The molecule has 2 rings (SSSR count). The van der Waals surface area contributed by atoms with Gasteiger partial charge in [-0.1, -0.05) is 0 Å². The molecule has 2 saturated heterocycles. The normalized spacial score (nSPS) is 23.4. The van der Waals surface area contributed by atoms with Crippen molar-refractivity contribution in [1.29, 1.82) is 0 Å². The van der Waals surface area contributed by atoms with Crippen LogP contribution in [-0.2, 0) is 9.53 Å². The monoisotopic (exact) mass is 270 g/mol. The van der Waals surface area contributed by atoms with E-state index in [2.05, 4.69) is 27.1 Å². The highest BCUT2D eigenvalue weighted by atomic mass is 16.5. The molecule has 6 nitrogen and oxygen atoms in total. The van der Waals surface area contributed by atoms with Crippen LogP contribution in [0, 0.1) is 0 Å². The van der Waals surface area contributed by atoms with E-state index in [1.165, 1.54) is 0 Å². The fraction of sp³-hybridized carbons (Fsp3) is 0.923. The van der Waals surface area contributed by atoms with Crippen LogP contribution in [0.15, 0.2) is 0 Å². The van der Waals surface area contributed by atoms with Crippen molar-refractivity contribution in [3.8, 4) is 0 Å². The van der Waals surface area contributed by atoms with Crippen molar-refractivity contribution in [2.45, 2.75) is 0 Å². The van der Waals surface area contributed by atoms with Gasteiger partial charge in [0.05, 0.1) is 19.8 Å². The van der Waals surface area contributed by atoms with Crippen molar-refractivity contribution in [3.63, 3.8) is 0 Å². The first-order valence-corrected chi connectivity index (χ1v) is 7.22. The number of piperazine rings is 1. The summed E-state index contributed by atoms with van der Waals surface area (Å²) in [5.41, 5.74) is 0. The Morgan fingerprint density at radius 1 is 1.05 bits per heavy atom. The highest BCUT2D eigenvalue weighted by molar-refractivity contribution is 5.78. The summed E-state index contributed by atoms with van der Waals surface area (Å²) in [5.74, 6) is 0.151. The average Bonchev–Trinajstić information content (AvgIpc) is 2.43. The van der Waals surface area contributed by atoms with Crippen LogP contribution in [0.3, 0.4) is 0 Å². The van der Waals surface area contributed by atoms with Crippen molar-refractivity contribution in [3.05, 3.63) is 0 Å². The van der Waals surface area contributed by atoms with Gasteiger partial charge in [-0.25, -0.2) is 0 Å². The first-order chi connectivity index (χ1) is 9.24. The van der Waals surface area contributed by atoms with Crippen molar-refractivity contribution >= 4 is 5.91 Å². The number of rotatable bonds is 5. The molecule has 2 fully saturated rings. The van der Waals surface area contributed by atoms with Crippen molar-refractivity contribution in [1.82, 2.24) is 20.0 Å². The topological polar surface area (TPSA) is 48.0 Å². The molecule has 0 bridgehead atoms. The summed E-state index contributed by atoms with van der Waals surface area (Å²) in [6, 6.07) is 0. The van der Waals surface area contributed by atoms with Gasteiger partial charge in [0.2, 0.25) is 5.91 Å². The number of likely N-dealkylation sites (N-methyl/N-ethyl adjacent to an activating group) is 1. The molecule has 0 spiro atoms. The van der Waals surface area contributed by atoms with Crippen LogP contribution in [0.1, 0.15) is 0 Å². The van der Waals surface area contributed by atoms with Crippen molar-refractivity contribution in [2.24, 2.45) is 0 Å². The van der Waals surface area contributed by atoms with E-state index in [0.29, 0.717) is 6.54 Å². The zero-order valence-corrected chi connectivity index (χ0v) is 11.9. The molecule has 19 heavy (non-hydrogen) atoms. The van der Waals surface area contributed by atoms with E-state index in [1.54, 1.807) is 0 Å². The van der Waals surface area contributed by atoms with Gasteiger partial charge in [0.15, 0.2) is 0 Å². The number of nitrogens with zero attached hydrogens (tertiary/aromatic N) is 3. The first-order valence-electron chi connectivity index (χ1n) is 7.22. The number of nitrogens with one attached hydrogen (secondary N) is 1. The minimum Gasteiger partial charge on any atom is -0.379 e. The summed E-state index contributed by atoms with van der Waals surface area (Å²) < 4.78 is 5.30. The molecule has 6 heteroatoms. The number of hydrogen-bond donors (Lipinski definition) is 1. The molecule has 0 unspecified atom stereocenters. The van der Waals surface area contributed by atoms with Crippen LogP contribution in [0.25, 0.3) is 0 Å². The Kier molecular flexibility index (Phi) is 6.03. The number of morpholine rings is 1. The van der Waals surface area contributed by atoms with Crippen LogP contribution in [-0.4, -0.2) is 99.8 Å². The standard InChI is InChI=1S/C13H26N4O2/c1-15-4-6-17(7-5-15)12-13(18)14-2-3-16-8-10-19-11-9-16/h2-12H2,1H3,(H,14,18). The molecule has 0 aromatic heterocycles. The fourth-order valence-corrected chi connectivity index (χ4v) is 2.44. The maximum absolute atomic E-state index is 11.8. The van der Waals surface area contributed by atoms with E-state index in [0.717, 1.165) is 65.6 Å². The number of carbonyl (C=O) groups excluding carboxylic acids is 1. The SMILES string of the molecule is CN1CCN(CC(=O)NCCN2CCOCC2)CC1. The molecule has 0 aliphatic carbocycles. The molecular formula is C13H26N4O2. The molecular weight excluding hydrogens is 244 g/mol. The zero-order chi connectivity index (χ0) is 13.5. The summed E-state index contributed by atoms with van der Waals surface area (Å²) in [5, 5.41) is 3.01. The Hall–Kier alpha value is -0.690. The predicted molar refractivity (Wildman–Crippen MR) is 74.2 cm³/mol. The lowest BCUT2D eigenvalue weighted by Crippen LogP contribution is -2.49. The third-order valence-corrected chi connectivity index (χ3v) is 3.82. The lowest BCUT2D eigenvalue weighted by atomic mass is 10.3. The van der Waals surface area contributed by atoms with E-state index in [4.69, 9.17) is 4.74 Å². The Balaban J connectivity index is 1.54. The second kappa shape index (κ2) is 7.79. The second-order valence-electron chi connectivity index (χ2n) is 5.38. The summed E-state index contributed by atoms with van der Waals surface area (Å²) >= 11 is 0. The van der Waals surface area contributed by atoms with Gasteiger partial charge >= 0.3 is 0 Å². The van der Waals surface area contributed by atoms with Crippen LogP contribution < -0.4 is 5.32 Å². The third-order valence-electron chi connectivity index (χ3n) is 3.82. The summed E-state index contributed by atoms with van der Waals surface area (Å²) in [6.45, 7) is 9.90. The van der Waals surface area contributed by atoms with E-state index >= 15 is 0 Å². The van der Waals surface area contributed by atoms with Crippen LogP contribution in [0.5, 0.6) is 0 Å². The maximum Gasteiger partial charge on any atom is 0.234 e. The molecule has 1 amide bonds. The van der Waals surface area contributed by atoms with E-state index < -0.39 is 0 Å². The molecule has 2 aliphatic rings. The largest absolute Gasteiger partial charge is 0.379 e. The summed E-state index contributed by atoms with van der Waals surface area (Å²) in [6.07, 6.45) is 0. The predicted octanol–water partition coefficient (Wildman–Crippen LogP) is -1.32. The van der Waals surface area contributed by atoms with Gasteiger partial charge in [-0.3, -0.25) is 14.6 Å². The lowest BCUT2D eigenvalue weighted by Gasteiger charge is -2.32. The molecule has 0 saturated carbocycles. The molecule has 0 aromatic carbocycles. The average molecular weight is 270 g/mol. The number of amides is 1. The van der Waals surface area contributed by atoms with Crippen molar-refractivity contribution < 1.29 is 9.53 Å². The third kappa shape index (κ3) is 5.44. The molecule has 0 aromatic rings. The van der Waals surface area contributed by atoms with Gasteiger partial charge in [-0.05, 0) is 7.05 Å². The smallest absolute Gasteiger partial charge is 0.234 e. The van der Waals surface area contributed by atoms with Crippen molar-refractivity contribution in [2.75, 3.05) is 79.2 Å². The Labute approximate surface area is 115 Å². The van der Waals surface area contributed by atoms with Gasteiger partial charge in [-0.15, -0.1) is 0 Å². The Morgan fingerprint density at radius 3 is 2.42 bits per heavy atom. The Morgan fingerprint density at radius 2 is 1.74 bits per heavy atom. The fourth-order valence-electron chi connectivity index (χ4n) is 2.44. The molecule has 0 atom stereocenters. The first kappa shape index (κ1) is 14.7. The van der Waals surface area contributed by atoms with Gasteiger partial charge < -0.3 is 15.0 Å². The van der Waals surface area contributed by atoms with E-state index in [-0.39, 0.29) is 5.91 Å².